The quantitative estimate of drug-likeness (QED) is 0.645. The van der Waals surface area contributed by atoms with Crippen LogP contribution in [0.5, 0.6) is 0 Å². The van der Waals surface area contributed by atoms with E-state index in [9.17, 15) is 4.79 Å². The third-order valence-corrected chi connectivity index (χ3v) is 5.13. The molecule has 0 radical (unpaired) electrons. The van der Waals surface area contributed by atoms with Crippen LogP contribution in [0.1, 0.15) is 27.5 Å². The molecule has 3 heterocycles. The molecule has 0 bridgehead atoms. The number of rotatable bonds is 4. The highest BCUT2D eigenvalue weighted by atomic mass is 16.3. The maximum atomic E-state index is 12.4. The van der Waals surface area contributed by atoms with Crippen LogP contribution in [0.15, 0.2) is 27.8 Å². The summed E-state index contributed by atoms with van der Waals surface area (Å²) in [5, 5.41) is 7.91. The first-order valence-corrected chi connectivity index (χ1v) is 9.28. The monoisotopic (exact) mass is 372 g/mol. The lowest BCUT2D eigenvalue weighted by molar-refractivity contribution is 0.0658. The number of nitrogens with zero attached hydrogens (tertiary/aromatic N) is 5. The summed E-state index contributed by atoms with van der Waals surface area (Å²) in [6, 6.07) is 3.44. The van der Waals surface area contributed by atoms with Crippen molar-refractivity contribution in [1.29, 1.82) is 0 Å². The van der Waals surface area contributed by atoms with E-state index in [4.69, 9.17) is 4.42 Å². The van der Waals surface area contributed by atoms with Crippen LogP contribution in [-0.2, 0) is 13.5 Å². The number of nitrogens with one attached hydrogen (secondary N) is 1. The number of hydrogen-bond donors (Lipinski definition) is 1. The molecular formula is C19H28N6O2. The molecule has 27 heavy (non-hydrogen) atoms. The van der Waals surface area contributed by atoms with Crippen molar-refractivity contribution in [1.82, 2.24) is 24.9 Å². The zero-order valence-corrected chi connectivity index (χ0v) is 16.5. The summed E-state index contributed by atoms with van der Waals surface area (Å²) in [7, 11) is 3.77. The summed E-state index contributed by atoms with van der Waals surface area (Å²) in [6.45, 7) is 7.74. The van der Waals surface area contributed by atoms with Gasteiger partial charge in [0.1, 0.15) is 0 Å². The van der Waals surface area contributed by atoms with Gasteiger partial charge in [-0.1, -0.05) is 0 Å². The minimum Gasteiger partial charge on any atom is -0.459 e. The van der Waals surface area contributed by atoms with Crippen molar-refractivity contribution in [3.63, 3.8) is 0 Å². The molecule has 1 aliphatic rings. The second-order valence-electron chi connectivity index (χ2n) is 6.75. The standard InChI is InChI=1S/C19H28N6O2/c1-14-16(15(2)23(4)22-14)7-8-21-19(20-3)25-11-9-24(10-12-25)18(26)17-6-5-13-27-17/h5-6,13H,7-12H2,1-4H3,(H,20,21). The summed E-state index contributed by atoms with van der Waals surface area (Å²) in [4.78, 5) is 20.8. The lowest BCUT2D eigenvalue weighted by atomic mass is 10.1. The fourth-order valence-corrected chi connectivity index (χ4v) is 3.49. The second-order valence-corrected chi connectivity index (χ2v) is 6.75. The highest BCUT2D eigenvalue weighted by Crippen LogP contribution is 2.12. The fraction of sp³-hybridized carbons (Fsp3) is 0.526. The van der Waals surface area contributed by atoms with E-state index in [0.29, 0.717) is 18.8 Å². The number of guanidine groups is 1. The molecule has 1 fully saturated rings. The summed E-state index contributed by atoms with van der Waals surface area (Å²) < 4.78 is 7.14. The maximum absolute atomic E-state index is 12.4. The molecule has 1 saturated heterocycles. The first kappa shape index (κ1) is 19.0. The molecule has 146 valence electrons. The Morgan fingerprint density at radius 3 is 2.52 bits per heavy atom. The van der Waals surface area contributed by atoms with Crippen molar-refractivity contribution in [3.8, 4) is 0 Å². The topological polar surface area (TPSA) is 78.9 Å². The van der Waals surface area contributed by atoms with Crippen molar-refractivity contribution in [2.75, 3.05) is 39.8 Å². The van der Waals surface area contributed by atoms with Crippen LogP contribution < -0.4 is 5.32 Å². The molecule has 0 aliphatic carbocycles. The Labute approximate surface area is 159 Å². The van der Waals surface area contributed by atoms with E-state index >= 15 is 0 Å². The highest BCUT2D eigenvalue weighted by Gasteiger charge is 2.25. The zero-order valence-electron chi connectivity index (χ0n) is 16.5. The molecule has 2 aromatic rings. The number of piperazine rings is 1. The van der Waals surface area contributed by atoms with Gasteiger partial charge < -0.3 is 19.5 Å². The summed E-state index contributed by atoms with van der Waals surface area (Å²) in [5.74, 6) is 1.22. The van der Waals surface area contributed by atoms with Gasteiger partial charge in [0.25, 0.3) is 5.91 Å². The van der Waals surface area contributed by atoms with Gasteiger partial charge in [-0.05, 0) is 38.0 Å². The largest absolute Gasteiger partial charge is 0.459 e. The first-order chi connectivity index (χ1) is 13.0. The van der Waals surface area contributed by atoms with E-state index in [1.807, 2.05) is 23.6 Å². The van der Waals surface area contributed by atoms with Crippen LogP contribution in [-0.4, -0.2) is 71.2 Å². The molecule has 1 N–H and O–H groups in total. The van der Waals surface area contributed by atoms with E-state index in [0.717, 1.165) is 37.7 Å². The lowest BCUT2D eigenvalue weighted by Crippen LogP contribution is -2.54. The average Bonchev–Trinajstić information content (AvgIpc) is 3.29. The number of carbonyl (C=O) groups excluding carboxylic acids is 1. The van der Waals surface area contributed by atoms with Gasteiger partial charge in [-0.2, -0.15) is 5.10 Å². The van der Waals surface area contributed by atoms with E-state index in [1.165, 1.54) is 17.5 Å². The third kappa shape index (κ3) is 4.15. The van der Waals surface area contributed by atoms with E-state index in [2.05, 4.69) is 27.2 Å². The van der Waals surface area contributed by atoms with Gasteiger partial charge in [-0.3, -0.25) is 14.5 Å². The maximum Gasteiger partial charge on any atom is 0.289 e. The first-order valence-electron chi connectivity index (χ1n) is 9.28. The average molecular weight is 372 g/mol. The molecule has 2 aromatic heterocycles. The molecule has 1 amide bonds. The van der Waals surface area contributed by atoms with Gasteiger partial charge in [0.05, 0.1) is 12.0 Å². The Kier molecular flexibility index (Phi) is 5.83. The van der Waals surface area contributed by atoms with Crippen molar-refractivity contribution >= 4 is 11.9 Å². The molecule has 0 aromatic carbocycles. The fourth-order valence-electron chi connectivity index (χ4n) is 3.49. The van der Waals surface area contributed by atoms with Gasteiger partial charge >= 0.3 is 0 Å². The Morgan fingerprint density at radius 2 is 1.96 bits per heavy atom. The minimum atomic E-state index is -0.0508. The number of carbonyl (C=O) groups is 1. The van der Waals surface area contributed by atoms with Crippen molar-refractivity contribution in [2.45, 2.75) is 20.3 Å². The van der Waals surface area contributed by atoms with Crippen LogP contribution in [0.3, 0.4) is 0 Å². The number of furan rings is 1. The molecule has 8 nitrogen and oxygen atoms in total. The Bertz CT molecular complexity index is 801. The Hall–Kier alpha value is -2.77. The van der Waals surface area contributed by atoms with Crippen LogP contribution in [0, 0.1) is 13.8 Å². The van der Waals surface area contributed by atoms with Crippen molar-refractivity contribution in [3.05, 3.63) is 41.1 Å². The zero-order chi connectivity index (χ0) is 19.4. The van der Waals surface area contributed by atoms with Gasteiger partial charge in [-0.25, -0.2) is 0 Å². The number of amides is 1. The SMILES string of the molecule is CN=C(NCCc1c(C)nn(C)c1C)N1CCN(C(=O)c2ccco2)CC1. The van der Waals surface area contributed by atoms with E-state index < -0.39 is 0 Å². The Morgan fingerprint density at radius 1 is 1.26 bits per heavy atom. The molecule has 3 rings (SSSR count). The number of aliphatic imine (C=N–C) groups is 1. The normalized spacial score (nSPS) is 15.3. The number of aromatic nitrogens is 2. The number of aryl methyl sites for hydroxylation is 2. The van der Waals surface area contributed by atoms with Gasteiger partial charge in [0, 0.05) is 52.5 Å². The smallest absolute Gasteiger partial charge is 0.289 e. The van der Waals surface area contributed by atoms with Crippen molar-refractivity contribution < 1.29 is 9.21 Å². The predicted molar refractivity (Wildman–Crippen MR) is 104 cm³/mol. The lowest BCUT2D eigenvalue weighted by Gasteiger charge is -2.36. The van der Waals surface area contributed by atoms with Crippen LogP contribution in [0.2, 0.25) is 0 Å². The molecule has 0 saturated carbocycles. The second kappa shape index (κ2) is 8.28. The molecule has 0 spiro atoms. The summed E-state index contributed by atoms with van der Waals surface area (Å²) in [6.07, 6.45) is 2.43. The summed E-state index contributed by atoms with van der Waals surface area (Å²) in [5.41, 5.74) is 3.57. The highest BCUT2D eigenvalue weighted by molar-refractivity contribution is 5.91. The minimum absolute atomic E-state index is 0.0508. The van der Waals surface area contributed by atoms with Gasteiger partial charge in [-0.15, -0.1) is 0 Å². The van der Waals surface area contributed by atoms with Crippen LogP contribution in [0.4, 0.5) is 0 Å². The van der Waals surface area contributed by atoms with Crippen molar-refractivity contribution in [2.24, 2.45) is 12.0 Å². The third-order valence-electron chi connectivity index (χ3n) is 5.13. The van der Waals surface area contributed by atoms with Gasteiger partial charge in [0.15, 0.2) is 11.7 Å². The Balaban J connectivity index is 1.50. The van der Waals surface area contributed by atoms with E-state index in [1.54, 1.807) is 19.2 Å². The molecule has 0 atom stereocenters. The summed E-state index contributed by atoms with van der Waals surface area (Å²) >= 11 is 0. The molecule has 8 heteroatoms. The predicted octanol–water partition coefficient (Wildman–Crippen LogP) is 1.21. The van der Waals surface area contributed by atoms with Crippen LogP contribution in [0.25, 0.3) is 0 Å². The molecule has 1 aliphatic heterocycles. The van der Waals surface area contributed by atoms with E-state index in [-0.39, 0.29) is 5.91 Å². The number of hydrogen-bond acceptors (Lipinski definition) is 4. The van der Waals surface area contributed by atoms with Gasteiger partial charge in [0.2, 0.25) is 0 Å². The van der Waals surface area contributed by atoms with Crippen LogP contribution >= 0.6 is 0 Å². The molecule has 0 unspecified atom stereocenters. The molecular weight excluding hydrogens is 344 g/mol.